The monoisotopic (exact) mass is 209 g/mol. The molecule has 0 spiro atoms. The Kier molecular flexibility index (Phi) is 5.88. The van der Waals surface area contributed by atoms with Gasteiger partial charge in [-0.15, -0.1) is 0 Å². The van der Waals surface area contributed by atoms with Gasteiger partial charge in [0, 0.05) is 31.5 Å². The molecule has 0 saturated carbocycles. The molecule has 15 heavy (non-hydrogen) atoms. The Bertz CT molecular complexity index is 253. The molecule has 1 rings (SSSR count). The van der Waals surface area contributed by atoms with Gasteiger partial charge in [-0.1, -0.05) is 6.92 Å². The molecule has 1 heterocycles. The molecule has 4 nitrogen and oxygen atoms in total. The van der Waals surface area contributed by atoms with Crippen molar-refractivity contribution in [1.29, 1.82) is 0 Å². The maximum Gasteiger partial charge on any atom is 0.115 e. The fourth-order valence-corrected chi connectivity index (χ4v) is 1.43. The zero-order valence-corrected chi connectivity index (χ0v) is 9.44. The van der Waals surface area contributed by atoms with E-state index < -0.39 is 0 Å². The number of rotatable bonds is 7. The van der Waals surface area contributed by atoms with Crippen molar-refractivity contribution in [3.8, 4) is 0 Å². The minimum Gasteiger partial charge on any atom is -0.383 e. The average molecular weight is 209 g/mol. The zero-order valence-electron chi connectivity index (χ0n) is 9.44. The van der Waals surface area contributed by atoms with Gasteiger partial charge in [0.1, 0.15) is 6.33 Å². The number of nitrogens with one attached hydrogen (secondary N) is 1. The van der Waals surface area contributed by atoms with Crippen molar-refractivity contribution in [3.05, 3.63) is 24.3 Å². The summed E-state index contributed by atoms with van der Waals surface area (Å²) in [5, 5.41) is 3.43. The topological polar surface area (TPSA) is 47.0 Å². The molecule has 1 unspecified atom stereocenters. The molecule has 0 bridgehead atoms. The van der Waals surface area contributed by atoms with Crippen molar-refractivity contribution >= 4 is 0 Å². The fraction of sp³-hybridized carbons (Fsp3) is 0.636. The number of hydrogen-bond acceptors (Lipinski definition) is 4. The van der Waals surface area contributed by atoms with Gasteiger partial charge < -0.3 is 10.1 Å². The lowest BCUT2D eigenvalue weighted by molar-refractivity contribution is 0.165. The molecule has 1 aromatic rings. The molecule has 1 N–H and O–H groups in total. The minimum atomic E-state index is 0.338. The Morgan fingerprint density at radius 3 is 3.00 bits per heavy atom. The minimum absolute atomic E-state index is 0.338. The van der Waals surface area contributed by atoms with Crippen molar-refractivity contribution in [2.24, 2.45) is 0 Å². The fourth-order valence-electron chi connectivity index (χ4n) is 1.43. The van der Waals surface area contributed by atoms with E-state index in [0.717, 1.165) is 25.1 Å². The summed E-state index contributed by atoms with van der Waals surface area (Å²) < 4.78 is 5.17. The van der Waals surface area contributed by atoms with Crippen molar-refractivity contribution in [2.45, 2.75) is 25.8 Å². The SMILES string of the molecule is CCCNC(COC)Cc1ccncn1. The summed E-state index contributed by atoms with van der Waals surface area (Å²) >= 11 is 0. The molecule has 1 aromatic heterocycles. The molecule has 0 aliphatic carbocycles. The Hall–Kier alpha value is -1.00. The third kappa shape index (κ3) is 4.85. The van der Waals surface area contributed by atoms with Crippen LogP contribution < -0.4 is 5.32 Å². The third-order valence-electron chi connectivity index (χ3n) is 2.15. The van der Waals surface area contributed by atoms with Gasteiger partial charge in [0.05, 0.1) is 6.61 Å². The zero-order chi connectivity index (χ0) is 10.9. The lowest BCUT2D eigenvalue weighted by atomic mass is 10.1. The number of ether oxygens (including phenoxy) is 1. The van der Waals surface area contributed by atoms with Crippen molar-refractivity contribution in [1.82, 2.24) is 15.3 Å². The predicted molar refractivity (Wildman–Crippen MR) is 59.7 cm³/mol. The average Bonchev–Trinajstić information content (AvgIpc) is 2.28. The Morgan fingerprint density at radius 2 is 2.40 bits per heavy atom. The first-order valence-electron chi connectivity index (χ1n) is 5.34. The summed E-state index contributed by atoms with van der Waals surface area (Å²) in [5.41, 5.74) is 1.05. The van der Waals surface area contributed by atoms with E-state index in [1.165, 1.54) is 0 Å². The predicted octanol–water partition coefficient (Wildman–Crippen LogP) is 1.03. The standard InChI is InChI=1S/C11H19N3O/c1-3-5-13-11(8-15-2)7-10-4-6-12-9-14-10/h4,6,9,11,13H,3,5,7-8H2,1-2H3. The lowest BCUT2D eigenvalue weighted by Crippen LogP contribution is -2.35. The van der Waals surface area contributed by atoms with Crippen molar-refractivity contribution in [2.75, 3.05) is 20.3 Å². The van der Waals surface area contributed by atoms with E-state index in [9.17, 15) is 0 Å². The first-order chi connectivity index (χ1) is 7.36. The van der Waals surface area contributed by atoms with Crippen LogP contribution in [0, 0.1) is 0 Å². The van der Waals surface area contributed by atoms with Crippen LogP contribution in [-0.2, 0) is 11.2 Å². The number of methoxy groups -OCH3 is 1. The second-order valence-corrected chi connectivity index (χ2v) is 3.51. The Morgan fingerprint density at radius 1 is 1.53 bits per heavy atom. The molecule has 84 valence electrons. The summed E-state index contributed by atoms with van der Waals surface area (Å²) in [6.45, 7) is 3.88. The van der Waals surface area contributed by atoms with E-state index in [0.29, 0.717) is 12.6 Å². The van der Waals surface area contributed by atoms with Gasteiger partial charge >= 0.3 is 0 Å². The largest absolute Gasteiger partial charge is 0.383 e. The van der Waals surface area contributed by atoms with Crippen LogP contribution in [0.2, 0.25) is 0 Å². The van der Waals surface area contributed by atoms with Gasteiger partial charge in [0.25, 0.3) is 0 Å². The first-order valence-corrected chi connectivity index (χ1v) is 5.34. The molecular weight excluding hydrogens is 190 g/mol. The van der Waals surface area contributed by atoms with Crippen LogP contribution in [0.25, 0.3) is 0 Å². The van der Waals surface area contributed by atoms with E-state index in [1.807, 2.05) is 6.07 Å². The smallest absolute Gasteiger partial charge is 0.115 e. The molecule has 0 aliphatic heterocycles. The Labute approximate surface area is 91.1 Å². The molecule has 0 fully saturated rings. The van der Waals surface area contributed by atoms with Gasteiger partial charge in [-0.2, -0.15) is 0 Å². The van der Waals surface area contributed by atoms with E-state index >= 15 is 0 Å². The van der Waals surface area contributed by atoms with Gasteiger partial charge in [-0.05, 0) is 19.0 Å². The van der Waals surface area contributed by atoms with Gasteiger partial charge in [0.15, 0.2) is 0 Å². The molecular formula is C11H19N3O. The van der Waals surface area contributed by atoms with Crippen LogP contribution in [0.1, 0.15) is 19.0 Å². The number of hydrogen-bond donors (Lipinski definition) is 1. The summed E-state index contributed by atoms with van der Waals surface area (Å²) in [4.78, 5) is 8.10. The summed E-state index contributed by atoms with van der Waals surface area (Å²) in [7, 11) is 1.72. The van der Waals surface area contributed by atoms with Crippen LogP contribution in [0.3, 0.4) is 0 Å². The van der Waals surface area contributed by atoms with Crippen LogP contribution in [0.15, 0.2) is 18.6 Å². The van der Waals surface area contributed by atoms with Crippen LogP contribution in [0.5, 0.6) is 0 Å². The third-order valence-corrected chi connectivity index (χ3v) is 2.15. The van der Waals surface area contributed by atoms with Crippen LogP contribution >= 0.6 is 0 Å². The van der Waals surface area contributed by atoms with Gasteiger partial charge in [-0.25, -0.2) is 9.97 Å². The van der Waals surface area contributed by atoms with Crippen molar-refractivity contribution in [3.63, 3.8) is 0 Å². The number of aromatic nitrogens is 2. The summed E-state index contributed by atoms with van der Waals surface area (Å²) in [6.07, 6.45) is 5.37. The van der Waals surface area contributed by atoms with Crippen LogP contribution in [-0.4, -0.2) is 36.3 Å². The summed E-state index contributed by atoms with van der Waals surface area (Å²) in [6, 6.07) is 2.28. The molecule has 0 saturated heterocycles. The summed E-state index contributed by atoms with van der Waals surface area (Å²) in [5.74, 6) is 0. The highest BCUT2D eigenvalue weighted by molar-refractivity contribution is 5.00. The molecule has 1 atom stereocenters. The van der Waals surface area contributed by atoms with Crippen molar-refractivity contribution < 1.29 is 4.74 Å². The van der Waals surface area contributed by atoms with Gasteiger partial charge in [-0.3, -0.25) is 0 Å². The molecule has 0 radical (unpaired) electrons. The highest BCUT2D eigenvalue weighted by Gasteiger charge is 2.08. The number of nitrogens with zero attached hydrogens (tertiary/aromatic N) is 2. The normalized spacial score (nSPS) is 12.7. The first kappa shape index (κ1) is 12.1. The molecule has 4 heteroatoms. The molecule has 0 aliphatic rings. The van der Waals surface area contributed by atoms with E-state index in [1.54, 1.807) is 19.6 Å². The maximum atomic E-state index is 5.17. The van der Waals surface area contributed by atoms with E-state index in [2.05, 4.69) is 22.2 Å². The van der Waals surface area contributed by atoms with E-state index in [4.69, 9.17) is 4.74 Å². The van der Waals surface area contributed by atoms with Gasteiger partial charge in [0.2, 0.25) is 0 Å². The van der Waals surface area contributed by atoms with Crippen LogP contribution in [0.4, 0.5) is 0 Å². The molecule has 0 aromatic carbocycles. The Balaban J connectivity index is 2.43. The van der Waals surface area contributed by atoms with E-state index in [-0.39, 0.29) is 0 Å². The second kappa shape index (κ2) is 7.31. The second-order valence-electron chi connectivity index (χ2n) is 3.51. The highest BCUT2D eigenvalue weighted by atomic mass is 16.5. The highest BCUT2D eigenvalue weighted by Crippen LogP contribution is 1.99. The maximum absolute atomic E-state index is 5.17. The quantitative estimate of drug-likeness (QED) is 0.728. The lowest BCUT2D eigenvalue weighted by Gasteiger charge is -2.16. The molecule has 0 amide bonds.